The average Bonchev–Trinajstić information content (AvgIpc) is 2.65. The van der Waals surface area contributed by atoms with Gasteiger partial charge in [0, 0.05) is 15.9 Å². The Morgan fingerprint density at radius 1 is 1.12 bits per heavy atom. The molecule has 0 bridgehead atoms. The van der Waals surface area contributed by atoms with Crippen molar-refractivity contribution in [1.29, 1.82) is 0 Å². The molecule has 0 fully saturated rings. The monoisotopic (exact) mass is 382 g/mol. The van der Waals surface area contributed by atoms with E-state index in [9.17, 15) is 4.79 Å². The molecule has 1 aliphatic carbocycles. The predicted octanol–water partition coefficient (Wildman–Crippen LogP) is 7.67. The van der Waals surface area contributed by atoms with Gasteiger partial charge in [0.25, 0.3) is 0 Å². The largest absolute Gasteiger partial charge is 0.300 e. The van der Waals surface area contributed by atoms with Crippen molar-refractivity contribution in [2.24, 2.45) is 5.92 Å². The van der Waals surface area contributed by atoms with Crippen molar-refractivity contribution in [2.45, 2.75) is 110 Å². The molecular weight excluding hydrogens is 344 g/mol. The van der Waals surface area contributed by atoms with Gasteiger partial charge in [0.2, 0.25) is 0 Å². The normalized spacial score (nSPS) is 21.8. The molecule has 0 N–H and O–H groups in total. The Labute approximate surface area is 165 Å². The molecule has 2 atom stereocenters. The van der Waals surface area contributed by atoms with Crippen molar-refractivity contribution in [3.05, 3.63) is 11.1 Å². The van der Waals surface area contributed by atoms with Gasteiger partial charge in [0.15, 0.2) is 0 Å². The van der Waals surface area contributed by atoms with Gasteiger partial charge in [-0.3, -0.25) is 0 Å². The van der Waals surface area contributed by atoms with Crippen LogP contribution < -0.4 is 0 Å². The third-order valence-corrected chi connectivity index (χ3v) is 7.28. The molecular formula is C22H38OS2. The fourth-order valence-corrected chi connectivity index (χ4v) is 5.65. The Kier molecular flexibility index (Phi) is 12.0. The minimum Gasteiger partial charge on any atom is -0.300 e. The molecule has 0 heterocycles. The van der Waals surface area contributed by atoms with Crippen LogP contribution in [0.3, 0.4) is 0 Å². The van der Waals surface area contributed by atoms with Crippen LogP contribution in [0.4, 0.5) is 0 Å². The minimum absolute atomic E-state index is 0.276. The maximum absolute atomic E-state index is 11.2. The van der Waals surface area contributed by atoms with Crippen molar-refractivity contribution >= 4 is 34.0 Å². The molecule has 1 aliphatic rings. The lowest BCUT2D eigenvalue weighted by molar-refractivity contribution is -0.117. The van der Waals surface area contributed by atoms with Gasteiger partial charge >= 0.3 is 0 Å². The fraction of sp³-hybridized carbons (Fsp3) is 0.818. The zero-order valence-electron chi connectivity index (χ0n) is 16.9. The fourth-order valence-electron chi connectivity index (χ4n) is 3.81. The third-order valence-electron chi connectivity index (χ3n) is 5.32. The lowest BCUT2D eigenvalue weighted by Gasteiger charge is -2.28. The number of ketones is 1. The van der Waals surface area contributed by atoms with Crippen LogP contribution in [0.2, 0.25) is 0 Å². The number of rotatable bonds is 9. The average molecular weight is 383 g/mol. The second-order valence-corrected chi connectivity index (χ2v) is 9.79. The van der Waals surface area contributed by atoms with Gasteiger partial charge in [0.1, 0.15) is 5.78 Å². The van der Waals surface area contributed by atoms with E-state index in [4.69, 9.17) is 12.2 Å². The van der Waals surface area contributed by atoms with Gasteiger partial charge in [-0.05, 0) is 64.7 Å². The van der Waals surface area contributed by atoms with Crippen LogP contribution in [-0.2, 0) is 4.79 Å². The highest BCUT2D eigenvalue weighted by molar-refractivity contribution is 8.23. The molecule has 3 heteroatoms. The second kappa shape index (κ2) is 13.1. The number of carbonyl (C=O) groups is 1. The van der Waals surface area contributed by atoms with E-state index in [0.717, 1.165) is 17.0 Å². The van der Waals surface area contributed by atoms with E-state index in [1.165, 1.54) is 57.8 Å². The molecule has 0 spiro atoms. The zero-order chi connectivity index (χ0) is 18.7. The highest BCUT2D eigenvalue weighted by atomic mass is 32.2. The molecule has 144 valence electrons. The van der Waals surface area contributed by atoms with Crippen molar-refractivity contribution in [1.82, 2.24) is 0 Å². The van der Waals surface area contributed by atoms with Crippen LogP contribution in [0.1, 0.15) is 105 Å². The summed E-state index contributed by atoms with van der Waals surface area (Å²) in [6.07, 6.45) is 14.3. The summed E-state index contributed by atoms with van der Waals surface area (Å²) in [5.74, 6) is 0.949. The SMILES string of the molecule is CCCC(C)C(SC(=S)CCCC(C)=O)/C1=C(/C)CCCCCCC1. The first-order valence-electron chi connectivity index (χ1n) is 10.3. The Bertz CT molecular complexity index is 453. The number of thioether (sulfide) groups is 1. The van der Waals surface area contributed by atoms with E-state index < -0.39 is 0 Å². The molecule has 25 heavy (non-hydrogen) atoms. The van der Waals surface area contributed by atoms with E-state index in [0.29, 0.717) is 17.6 Å². The topological polar surface area (TPSA) is 17.1 Å². The zero-order valence-corrected chi connectivity index (χ0v) is 18.5. The van der Waals surface area contributed by atoms with E-state index in [1.54, 1.807) is 18.1 Å². The van der Waals surface area contributed by atoms with E-state index in [-0.39, 0.29) is 5.78 Å². The molecule has 2 unspecified atom stereocenters. The summed E-state index contributed by atoms with van der Waals surface area (Å²) in [4.78, 5) is 11.2. The number of Topliss-reactive ketones (excluding diaryl/α,β-unsaturated/α-hetero) is 1. The maximum Gasteiger partial charge on any atom is 0.129 e. The summed E-state index contributed by atoms with van der Waals surface area (Å²) in [5, 5.41) is 0.544. The number of allylic oxidation sites excluding steroid dienone is 1. The van der Waals surface area contributed by atoms with Crippen LogP contribution in [-0.4, -0.2) is 15.2 Å². The van der Waals surface area contributed by atoms with E-state index >= 15 is 0 Å². The molecule has 1 nitrogen and oxygen atoms in total. The summed E-state index contributed by atoms with van der Waals surface area (Å²) in [6, 6.07) is 0. The van der Waals surface area contributed by atoms with Crippen molar-refractivity contribution in [3.8, 4) is 0 Å². The minimum atomic E-state index is 0.276. The second-order valence-electron chi connectivity index (χ2n) is 7.81. The number of carbonyl (C=O) groups excluding carboxylic acids is 1. The Morgan fingerprint density at radius 3 is 2.40 bits per heavy atom. The van der Waals surface area contributed by atoms with Gasteiger partial charge in [-0.2, -0.15) is 0 Å². The lowest BCUT2D eigenvalue weighted by Crippen LogP contribution is -2.20. The summed E-state index contributed by atoms with van der Waals surface area (Å²) < 4.78 is 1.11. The molecule has 0 aromatic carbocycles. The summed E-state index contributed by atoms with van der Waals surface area (Å²) >= 11 is 7.65. The molecule has 0 aromatic rings. The van der Waals surface area contributed by atoms with Crippen LogP contribution in [0.25, 0.3) is 0 Å². The van der Waals surface area contributed by atoms with E-state index in [2.05, 4.69) is 20.8 Å². The van der Waals surface area contributed by atoms with Crippen molar-refractivity contribution < 1.29 is 4.79 Å². The summed E-state index contributed by atoms with van der Waals surface area (Å²) in [7, 11) is 0. The predicted molar refractivity (Wildman–Crippen MR) is 118 cm³/mol. The Balaban J connectivity index is 2.84. The molecule has 0 aliphatic heterocycles. The first kappa shape index (κ1) is 22.9. The smallest absolute Gasteiger partial charge is 0.129 e. The number of thiocarbonyl (C=S) groups is 1. The number of hydrogen-bond donors (Lipinski definition) is 0. The van der Waals surface area contributed by atoms with Crippen LogP contribution in [0, 0.1) is 5.92 Å². The molecule has 0 radical (unpaired) electrons. The standard InChI is InChI=1S/C22H38OS2/c1-5-12-18(3)22(25-21(24)16-11-14-19(4)23)20-15-10-8-6-7-9-13-17(20)2/h18,22H,5-16H2,1-4H3/b20-17-. The van der Waals surface area contributed by atoms with E-state index in [1.807, 2.05) is 11.8 Å². The summed E-state index contributed by atoms with van der Waals surface area (Å²) in [6.45, 7) is 8.74. The van der Waals surface area contributed by atoms with Gasteiger partial charge in [-0.25, -0.2) is 0 Å². The molecule has 1 rings (SSSR count). The number of hydrogen-bond acceptors (Lipinski definition) is 3. The summed E-state index contributed by atoms with van der Waals surface area (Å²) in [5.41, 5.74) is 3.33. The van der Waals surface area contributed by atoms with Crippen LogP contribution in [0.5, 0.6) is 0 Å². The molecule has 0 aromatic heterocycles. The van der Waals surface area contributed by atoms with Crippen molar-refractivity contribution in [3.63, 3.8) is 0 Å². The maximum atomic E-state index is 11.2. The molecule has 0 amide bonds. The van der Waals surface area contributed by atoms with Crippen LogP contribution >= 0.6 is 24.0 Å². The molecule has 0 saturated carbocycles. The Hall–Kier alpha value is -0.150. The molecule has 0 saturated heterocycles. The first-order valence-corrected chi connectivity index (χ1v) is 11.6. The highest BCUT2D eigenvalue weighted by Gasteiger charge is 2.25. The van der Waals surface area contributed by atoms with Crippen LogP contribution in [0.15, 0.2) is 11.1 Å². The highest BCUT2D eigenvalue weighted by Crippen LogP contribution is 2.37. The van der Waals surface area contributed by atoms with Gasteiger partial charge in [0.05, 0.1) is 0 Å². The first-order chi connectivity index (χ1) is 12.0. The lowest BCUT2D eigenvalue weighted by atomic mass is 9.89. The Morgan fingerprint density at radius 2 is 1.76 bits per heavy atom. The van der Waals surface area contributed by atoms with Gasteiger partial charge in [-0.1, -0.05) is 62.9 Å². The van der Waals surface area contributed by atoms with Gasteiger partial charge < -0.3 is 4.79 Å². The van der Waals surface area contributed by atoms with Crippen molar-refractivity contribution in [2.75, 3.05) is 0 Å². The third kappa shape index (κ3) is 9.38. The van der Waals surface area contributed by atoms with Gasteiger partial charge in [-0.15, -0.1) is 11.8 Å². The quantitative estimate of drug-likeness (QED) is 0.301.